The molecule has 0 radical (unpaired) electrons. The van der Waals surface area contributed by atoms with Gasteiger partial charge < -0.3 is 10.1 Å². The molecule has 12 heteroatoms. The van der Waals surface area contributed by atoms with E-state index in [-0.39, 0.29) is 0 Å². The van der Waals surface area contributed by atoms with Crippen molar-refractivity contribution in [3.05, 3.63) is 29.6 Å². The number of halogens is 3. The first kappa shape index (κ1) is 21.6. The van der Waals surface area contributed by atoms with E-state index in [2.05, 4.69) is 10.1 Å². The molecule has 1 fully saturated rings. The van der Waals surface area contributed by atoms with Crippen LogP contribution in [0.3, 0.4) is 0 Å². The molecule has 2 N–H and O–H groups in total. The van der Waals surface area contributed by atoms with Crippen LogP contribution >= 0.6 is 0 Å². The van der Waals surface area contributed by atoms with Crippen LogP contribution in [-0.2, 0) is 24.3 Å². The number of esters is 1. The summed E-state index contributed by atoms with van der Waals surface area (Å²) in [4.78, 5) is 22.2. The summed E-state index contributed by atoms with van der Waals surface area (Å²) in [7, 11) is -4.67. The molecule has 0 heterocycles. The van der Waals surface area contributed by atoms with Crippen molar-refractivity contribution >= 4 is 21.9 Å². The molecule has 1 aliphatic rings. The molecule has 8 nitrogen and oxygen atoms in total. The van der Waals surface area contributed by atoms with Gasteiger partial charge in [-0.25, -0.2) is 21.6 Å². The van der Waals surface area contributed by atoms with E-state index in [1.54, 1.807) is 4.72 Å². The summed E-state index contributed by atoms with van der Waals surface area (Å²) in [5.41, 5.74) is -1.00. The maximum atomic E-state index is 13.6. The maximum absolute atomic E-state index is 13.6. The lowest BCUT2D eigenvalue weighted by molar-refractivity contribution is -0.147. The van der Waals surface area contributed by atoms with Gasteiger partial charge in [0.05, 0.1) is 6.07 Å². The van der Waals surface area contributed by atoms with Crippen LogP contribution in [0, 0.1) is 28.8 Å². The van der Waals surface area contributed by atoms with Crippen molar-refractivity contribution in [1.82, 2.24) is 10.0 Å². The van der Waals surface area contributed by atoms with E-state index in [1.165, 1.54) is 0 Å². The summed E-state index contributed by atoms with van der Waals surface area (Å²) in [6.07, 6.45) is 2.50. The Labute approximate surface area is 158 Å². The molecule has 0 aliphatic heterocycles. The SMILES string of the molecule is N#CC1(NC(=O)COC(=O)CNS(=O)(=O)c2ccc(F)c(F)c2F)CCCC1. The number of nitrogens with one attached hydrogen (secondary N) is 2. The number of rotatable bonds is 7. The molecule has 152 valence electrons. The average Bonchev–Trinajstić information content (AvgIpc) is 3.11. The number of ether oxygens (including phenoxy) is 1. The molecule has 0 atom stereocenters. The smallest absolute Gasteiger partial charge is 0.321 e. The second kappa shape index (κ2) is 8.57. The number of benzene rings is 1. The summed E-state index contributed by atoms with van der Waals surface area (Å²) in [6, 6.07) is 2.93. The summed E-state index contributed by atoms with van der Waals surface area (Å²) in [5, 5.41) is 11.6. The van der Waals surface area contributed by atoms with E-state index in [4.69, 9.17) is 5.26 Å². The zero-order valence-corrected chi connectivity index (χ0v) is 15.2. The topological polar surface area (TPSA) is 125 Å². The van der Waals surface area contributed by atoms with Crippen LogP contribution in [0.2, 0.25) is 0 Å². The zero-order chi connectivity index (χ0) is 20.9. The van der Waals surface area contributed by atoms with Crippen LogP contribution in [0.4, 0.5) is 13.2 Å². The van der Waals surface area contributed by atoms with Gasteiger partial charge in [-0.15, -0.1) is 0 Å². The molecule has 0 saturated heterocycles. The number of carbonyl (C=O) groups is 2. The predicted octanol–water partition coefficient (Wildman–Crippen LogP) is 0.878. The molecule has 1 aromatic rings. The molecule has 2 rings (SSSR count). The fraction of sp³-hybridized carbons (Fsp3) is 0.438. The van der Waals surface area contributed by atoms with E-state index in [0.717, 1.165) is 12.8 Å². The molecule has 0 aromatic heterocycles. The van der Waals surface area contributed by atoms with Gasteiger partial charge in [-0.05, 0) is 37.8 Å². The Balaban J connectivity index is 1.87. The first-order valence-corrected chi connectivity index (χ1v) is 9.59. The Kier molecular flexibility index (Phi) is 6.63. The van der Waals surface area contributed by atoms with Gasteiger partial charge in [-0.1, -0.05) is 0 Å². The first-order valence-electron chi connectivity index (χ1n) is 8.11. The van der Waals surface area contributed by atoms with Crippen LogP contribution in [0.15, 0.2) is 17.0 Å². The predicted molar refractivity (Wildman–Crippen MR) is 87.4 cm³/mol. The summed E-state index contributed by atoms with van der Waals surface area (Å²) in [5.74, 6) is -7.37. The third-order valence-electron chi connectivity index (χ3n) is 4.11. The van der Waals surface area contributed by atoms with Gasteiger partial charge in [0.15, 0.2) is 24.1 Å². The number of carbonyl (C=O) groups excluding carboxylic acids is 2. The monoisotopic (exact) mass is 419 g/mol. The maximum Gasteiger partial charge on any atom is 0.321 e. The average molecular weight is 419 g/mol. The van der Waals surface area contributed by atoms with Crippen LogP contribution in [-0.4, -0.2) is 39.0 Å². The fourth-order valence-electron chi connectivity index (χ4n) is 2.69. The van der Waals surface area contributed by atoms with Crippen LogP contribution < -0.4 is 10.0 Å². The molecule has 1 amide bonds. The van der Waals surface area contributed by atoms with Gasteiger partial charge in [0.2, 0.25) is 10.0 Å². The Bertz CT molecular complexity index is 924. The molecule has 0 spiro atoms. The van der Waals surface area contributed by atoms with Gasteiger partial charge >= 0.3 is 5.97 Å². The highest BCUT2D eigenvalue weighted by Crippen LogP contribution is 2.28. The highest BCUT2D eigenvalue weighted by atomic mass is 32.2. The van der Waals surface area contributed by atoms with Crippen molar-refractivity contribution < 1.29 is 35.9 Å². The molecular weight excluding hydrogens is 403 g/mol. The third-order valence-corrected chi connectivity index (χ3v) is 5.53. The van der Waals surface area contributed by atoms with Crippen molar-refractivity contribution in [3.8, 4) is 6.07 Å². The van der Waals surface area contributed by atoms with Gasteiger partial charge in [-0.3, -0.25) is 9.59 Å². The Morgan fingerprint density at radius 1 is 1.18 bits per heavy atom. The molecule has 28 heavy (non-hydrogen) atoms. The summed E-state index contributed by atoms with van der Waals surface area (Å²) in [6.45, 7) is -1.72. The minimum Gasteiger partial charge on any atom is -0.455 e. The van der Waals surface area contributed by atoms with Gasteiger partial charge in [0.25, 0.3) is 5.91 Å². The molecular formula is C16H16F3N3O5S. The van der Waals surface area contributed by atoms with Crippen LogP contribution in [0.5, 0.6) is 0 Å². The molecule has 1 aliphatic carbocycles. The van der Waals surface area contributed by atoms with Crippen molar-refractivity contribution in [2.75, 3.05) is 13.2 Å². The molecule has 0 unspecified atom stereocenters. The lowest BCUT2D eigenvalue weighted by Crippen LogP contribution is -2.47. The molecule has 1 aromatic carbocycles. The zero-order valence-electron chi connectivity index (χ0n) is 14.4. The largest absolute Gasteiger partial charge is 0.455 e. The van der Waals surface area contributed by atoms with E-state index < -0.39 is 62.9 Å². The lowest BCUT2D eigenvalue weighted by atomic mass is 10.00. The Morgan fingerprint density at radius 3 is 2.43 bits per heavy atom. The van der Waals surface area contributed by atoms with E-state index >= 15 is 0 Å². The Hall–Kier alpha value is -2.65. The first-order chi connectivity index (χ1) is 13.1. The van der Waals surface area contributed by atoms with E-state index in [9.17, 15) is 31.2 Å². The number of nitriles is 1. The van der Waals surface area contributed by atoms with Crippen molar-refractivity contribution in [2.24, 2.45) is 0 Å². The number of hydrogen-bond donors (Lipinski definition) is 2. The second-order valence-electron chi connectivity index (χ2n) is 6.11. The summed E-state index contributed by atoms with van der Waals surface area (Å²) >= 11 is 0. The number of hydrogen-bond acceptors (Lipinski definition) is 6. The lowest BCUT2D eigenvalue weighted by Gasteiger charge is -2.21. The van der Waals surface area contributed by atoms with Gasteiger partial charge in [0, 0.05) is 0 Å². The second-order valence-corrected chi connectivity index (χ2v) is 7.84. The highest BCUT2D eigenvalue weighted by molar-refractivity contribution is 7.89. The molecule has 0 bridgehead atoms. The van der Waals surface area contributed by atoms with Gasteiger partial charge in [-0.2, -0.15) is 9.98 Å². The summed E-state index contributed by atoms with van der Waals surface area (Å²) < 4.78 is 69.7. The van der Waals surface area contributed by atoms with Crippen molar-refractivity contribution in [1.29, 1.82) is 5.26 Å². The minimum atomic E-state index is -4.67. The van der Waals surface area contributed by atoms with Gasteiger partial charge in [0.1, 0.15) is 17.0 Å². The molecule has 1 saturated carbocycles. The van der Waals surface area contributed by atoms with Crippen molar-refractivity contribution in [2.45, 2.75) is 36.1 Å². The van der Waals surface area contributed by atoms with Crippen LogP contribution in [0.1, 0.15) is 25.7 Å². The minimum absolute atomic E-state index is 0.420. The number of amides is 1. The fourth-order valence-corrected chi connectivity index (χ4v) is 3.73. The van der Waals surface area contributed by atoms with Crippen molar-refractivity contribution in [3.63, 3.8) is 0 Å². The highest BCUT2D eigenvalue weighted by Gasteiger charge is 2.35. The standard InChI is InChI=1S/C16H16F3N3O5S/c17-10-3-4-11(15(19)14(10)18)28(25,26)21-7-13(24)27-8-12(23)22-16(9-20)5-1-2-6-16/h3-4,21H,1-2,5-8H2,(H,22,23). The Morgan fingerprint density at radius 2 is 1.82 bits per heavy atom. The quantitative estimate of drug-likeness (QED) is 0.499. The van der Waals surface area contributed by atoms with Crippen LogP contribution in [0.25, 0.3) is 0 Å². The third kappa shape index (κ3) is 4.99. The van der Waals surface area contributed by atoms with E-state index in [0.29, 0.717) is 25.0 Å². The van der Waals surface area contributed by atoms with E-state index in [1.807, 2.05) is 6.07 Å². The number of nitrogens with zero attached hydrogens (tertiary/aromatic N) is 1. The number of sulfonamides is 1. The normalized spacial score (nSPS) is 15.6.